The van der Waals surface area contributed by atoms with Crippen molar-refractivity contribution in [2.24, 2.45) is 0 Å². The Morgan fingerprint density at radius 3 is 2.83 bits per heavy atom. The molecule has 1 amide bonds. The van der Waals surface area contributed by atoms with Gasteiger partial charge in [0.2, 0.25) is 5.91 Å². The van der Waals surface area contributed by atoms with Gasteiger partial charge in [-0.05, 0) is 35.9 Å². The van der Waals surface area contributed by atoms with Crippen molar-refractivity contribution in [3.05, 3.63) is 58.9 Å². The van der Waals surface area contributed by atoms with Gasteiger partial charge in [0.1, 0.15) is 11.3 Å². The van der Waals surface area contributed by atoms with Gasteiger partial charge in [-0.15, -0.1) is 0 Å². The minimum absolute atomic E-state index is 0.153. The Bertz CT molecular complexity index is 836. The van der Waals surface area contributed by atoms with Crippen LogP contribution < -0.4 is 5.32 Å². The van der Waals surface area contributed by atoms with Crippen LogP contribution in [0.15, 0.2) is 52.1 Å². The first kappa shape index (κ1) is 15.8. The van der Waals surface area contributed by atoms with Gasteiger partial charge in [0.25, 0.3) is 5.22 Å². The number of nitrogens with zero attached hydrogens (tertiary/aromatic N) is 1. The summed E-state index contributed by atoms with van der Waals surface area (Å²) in [5.41, 5.74) is 2.12. The topological polar surface area (TPSA) is 55.1 Å². The van der Waals surface area contributed by atoms with Gasteiger partial charge in [0.15, 0.2) is 5.58 Å². The van der Waals surface area contributed by atoms with Crippen LogP contribution in [0.3, 0.4) is 0 Å². The van der Waals surface area contributed by atoms with Gasteiger partial charge in [0, 0.05) is 11.6 Å². The quantitative estimate of drug-likeness (QED) is 0.706. The number of halogens is 2. The molecular weight excluding hydrogens is 339 g/mol. The molecule has 3 rings (SSSR count). The second-order valence-corrected chi connectivity index (χ2v) is 6.15. The summed E-state index contributed by atoms with van der Waals surface area (Å²) in [5, 5.41) is 3.76. The molecule has 0 aliphatic rings. The Hall–Kier alpha value is -2.05. The van der Waals surface area contributed by atoms with E-state index in [0.717, 1.165) is 5.56 Å². The number of oxazole rings is 1. The van der Waals surface area contributed by atoms with E-state index < -0.39 is 0 Å². The van der Waals surface area contributed by atoms with Crippen molar-refractivity contribution in [2.75, 3.05) is 5.75 Å². The number of thioether (sulfide) groups is 1. The van der Waals surface area contributed by atoms with E-state index in [2.05, 4.69) is 10.3 Å². The molecule has 0 atom stereocenters. The molecule has 23 heavy (non-hydrogen) atoms. The average molecular weight is 351 g/mol. The summed E-state index contributed by atoms with van der Waals surface area (Å²) < 4.78 is 18.3. The Morgan fingerprint density at radius 1 is 1.26 bits per heavy atom. The lowest BCUT2D eigenvalue weighted by atomic mass is 10.2. The highest BCUT2D eigenvalue weighted by Crippen LogP contribution is 2.25. The van der Waals surface area contributed by atoms with Crippen LogP contribution in [0.25, 0.3) is 11.1 Å². The van der Waals surface area contributed by atoms with Gasteiger partial charge in [-0.3, -0.25) is 4.79 Å². The Balaban J connectivity index is 1.52. The van der Waals surface area contributed by atoms with Crippen LogP contribution in [0, 0.1) is 5.82 Å². The van der Waals surface area contributed by atoms with Crippen LogP contribution in [0.4, 0.5) is 4.39 Å². The number of aromatic nitrogens is 1. The lowest BCUT2D eigenvalue weighted by Gasteiger charge is -2.04. The van der Waals surface area contributed by atoms with E-state index in [1.807, 2.05) is 0 Å². The molecule has 3 aromatic rings. The molecule has 0 saturated carbocycles. The SMILES string of the molecule is O=C(CSc1nc2cc(Cl)ccc2o1)NCc1ccc(F)cc1. The fourth-order valence-corrected chi connectivity index (χ4v) is 2.76. The molecule has 118 valence electrons. The molecule has 0 spiro atoms. The molecule has 7 heteroatoms. The largest absolute Gasteiger partial charge is 0.431 e. The van der Waals surface area contributed by atoms with Crippen molar-refractivity contribution >= 4 is 40.4 Å². The number of fused-ring (bicyclic) bond motifs is 1. The number of hydrogen-bond acceptors (Lipinski definition) is 4. The molecule has 0 saturated heterocycles. The van der Waals surface area contributed by atoms with Gasteiger partial charge in [0.05, 0.1) is 5.75 Å². The number of carbonyl (C=O) groups is 1. The summed E-state index contributed by atoms with van der Waals surface area (Å²) >= 11 is 7.09. The maximum atomic E-state index is 12.8. The van der Waals surface area contributed by atoms with E-state index in [-0.39, 0.29) is 17.5 Å². The number of carbonyl (C=O) groups excluding carboxylic acids is 1. The molecule has 0 aliphatic heterocycles. The van der Waals surface area contributed by atoms with Crippen molar-refractivity contribution in [2.45, 2.75) is 11.8 Å². The van der Waals surface area contributed by atoms with Crippen LogP contribution in [-0.2, 0) is 11.3 Å². The van der Waals surface area contributed by atoms with Crippen molar-refractivity contribution in [3.63, 3.8) is 0 Å². The highest BCUT2D eigenvalue weighted by atomic mass is 35.5. The monoisotopic (exact) mass is 350 g/mol. The second kappa shape index (κ2) is 7.02. The zero-order valence-electron chi connectivity index (χ0n) is 11.9. The number of rotatable bonds is 5. The van der Waals surface area contributed by atoms with Crippen LogP contribution in [0.2, 0.25) is 5.02 Å². The molecular formula is C16H12ClFN2O2S. The highest BCUT2D eigenvalue weighted by molar-refractivity contribution is 7.99. The molecule has 4 nitrogen and oxygen atoms in total. The minimum atomic E-state index is -0.299. The molecule has 1 heterocycles. The second-order valence-electron chi connectivity index (χ2n) is 4.78. The first-order chi connectivity index (χ1) is 11.1. The molecule has 0 radical (unpaired) electrons. The van der Waals surface area contributed by atoms with Crippen molar-refractivity contribution < 1.29 is 13.6 Å². The number of amides is 1. The predicted molar refractivity (Wildman–Crippen MR) is 88.0 cm³/mol. The molecule has 1 aromatic heterocycles. The summed E-state index contributed by atoms with van der Waals surface area (Å²) in [5.74, 6) is -0.270. The number of hydrogen-bond donors (Lipinski definition) is 1. The number of nitrogens with one attached hydrogen (secondary N) is 1. The lowest BCUT2D eigenvalue weighted by molar-refractivity contribution is -0.118. The third-order valence-electron chi connectivity index (χ3n) is 3.06. The molecule has 2 aromatic carbocycles. The summed E-state index contributed by atoms with van der Waals surface area (Å²) in [7, 11) is 0. The summed E-state index contributed by atoms with van der Waals surface area (Å²) in [6.45, 7) is 0.350. The third-order valence-corrected chi connectivity index (χ3v) is 4.12. The summed E-state index contributed by atoms with van der Waals surface area (Å²) in [6.07, 6.45) is 0. The Kier molecular flexibility index (Phi) is 4.83. The van der Waals surface area contributed by atoms with Crippen molar-refractivity contribution in [1.82, 2.24) is 10.3 Å². The van der Waals surface area contributed by atoms with Gasteiger partial charge in [-0.2, -0.15) is 0 Å². The van der Waals surface area contributed by atoms with E-state index in [1.165, 1.54) is 23.9 Å². The molecule has 0 aliphatic carbocycles. The van der Waals surface area contributed by atoms with Crippen LogP contribution >= 0.6 is 23.4 Å². The highest BCUT2D eigenvalue weighted by Gasteiger charge is 2.09. The summed E-state index contributed by atoms with van der Waals surface area (Å²) in [4.78, 5) is 16.1. The first-order valence-electron chi connectivity index (χ1n) is 6.80. The maximum absolute atomic E-state index is 12.8. The van der Waals surface area contributed by atoms with Gasteiger partial charge in [-0.1, -0.05) is 35.5 Å². The minimum Gasteiger partial charge on any atom is -0.431 e. The fraction of sp³-hybridized carbons (Fsp3) is 0.125. The lowest BCUT2D eigenvalue weighted by Crippen LogP contribution is -2.24. The maximum Gasteiger partial charge on any atom is 0.257 e. The van der Waals surface area contributed by atoms with E-state index >= 15 is 0 Å². The van der Waals surface area contributed by atoms with Crippen LogP contribution in [0.5, 0.6) is 0 Å². The number of benzene rings is 2. The fourth-order valence-electron chi connectivity index (χ4n) is 1.92. The van der Waals surface area contributed by atoms with Crippen molar-refractivity contribution in [1.29, 1.82) is 0 Å². The molecule has 0 unspecified atom stereocenters. The predicted octanol–water partition coefficient (Wildman–Crippen LogP) is 4.03. The van der Waals surface area contributed by atoms with Gasteiger partial charge < -0.3 is 9.73 Å². The van der Waals surface area contributed by atoms with E-state index in [0.29, 0.717) is 27.9 Å². The zero-order chi connectivity index (χ0) is 16.2. The van der Waals surface area contributed by atoms with E-state index in [9.17, 15) is 9.18 Å². The van der Waals surface area contributed by atoms with E-state index in [4.69, 9.17) is 16.0 Å². The Labute approximate surface area is 141 Å². The van der Waals surface area contributed by atoms with Crippen LogP contribution in [-0.4, -0.2) is 16.6 Å². The van der Waals surface area contributed by atoms with Gasteiger partial charge in [-0.25, -0.2) is 9.37 Å². The van der Waals surface area contributed by atoms with Crippen LogP contribution in [0.1, 0.15) is 5.56 Å². The standard InChI is InChI=1S/C16H12ClFN2O2S/c17-11-3-6-14-13(7-11)20-16(22-14)23-9-15(21)19-8-10-1-4-12(18)5-2-10/h1-7H,8-9H2,(H,19,21). The first-order valence-corrected chi connectivity index (χ1v) is 8.16. The van der Waals surface area contributed by atoms with Gasteiger partial charge >= 0.3 is 0 Å². The Morgan fingerprint density at radius 2 is 2.04 bits per heavy atom. The smallest absolute Gasteiger partial charge is 0.257 e. The average Bonchev–Trinajstić information content (AvgIpc) is 2.94. The molecule has 1 N–H and O–H groups in total. The zero-order valence-corrected chi connectivity index (χ0v) is 13.5. The normalized spacial score (nSPS) is 10.9. The third kappa shape index (κ3) is 4.24. The molecule has 0 fully saturated rings. The van der Waals surface area contributed by atoms with Crippen molar-refractivity contribution in [3.8, 4) is 0 Å². The van der Waals surface area contributed by atoms with E-state index in [1.54, 1.807) is 30.3 Å². The molecule has 0 bridgehead atoms. The summed E-state index contributed by atoms with van der Waals surface area (Å²) in [6, 6.07) is 11.2.